The molecule has 1 aromatic rings. The van der Waals surface area contributed by atoms with Gasteiger partial charge in [0.15, 0.2) is 0 Å². The van der Waals surface area contributed by atoms with Crippen molar-refractivity contribution in [1.82, 2.24) is 10.2 Å². The summed E-state index contributed by atoms with van der Waals surface area (Å²) < 4.78 is 0. The van der Waals surface area contributed by atoms with Crippen molar-refractivity contribution in [2.75, 3.05) is 0 Å². The van der Waals surface area contributed by atoms with Gasteiger partial charge in [0.05, 0.1) is 24.1 Å². The van der Waals surface area contributed by atoms with Crippen molar-refractivity contribution < 1.29 is 4.79 Å². The van der Waals surface area contributed by atoms with E-state index in [1.54, 1.807) is 0 Å². The van der Waals surface area contributed by atoms with Gasteiger partial charge in [0.25, 0.3) is 0 Å². The van der Waals surface area contributed by atoms with Crippen molar-refractivity contribution in [2.24, 2.45) is 5.92 Å². The fraction of sp³-hybridized carbons (Fsp3) is 0.333. The van der Waals surface area contributed by atoms with Crippen LogP contribution in [0.4, 0.5) is 0 Å². The fourth-order valence-electron chi connectivity index (χ4n) is 3.07. The molecule has 0 spiro atoms. The molecule has 4 heteroatoms. The van der Waals surface area contributed by atoms with Crippen LogP contribution in [0.2, 0.25) is 0 Å². The molecule has 1 N–H and O–H groups in total. The van der Waals surface area contributed by atoms with Crippen LogP contribution in [0, 0.1) is 17.2 Å². The Morgan fingerprint density at radius 1 is 1.42 bits per heavy atom. The Morgan fingerprint density at radius 2 is 2.16 bits per heavy atom. The van der Waals surface area contributed by atoms with E-state index in [4.69, 9.17) is 0 Å². The van der Waals surface area contributed by atoms with Crippen molar-refractivity contribution in [1.29, 1.82) is 5.26 Å². The lowest BCUT2D eigenvalue weighted by Crippen LogP contribution is -2.53. The van der Waals surface area contributed by atoms with Gasteiger partial charge in [-0.25, -0.2) is 0 Å². The number of rotatable bonds is 2. The first kappa shape index (κ1) is 11.9. The third-order valence-corrected chi connectivity index (χ3v) is 3.93. The van der Waals surface area contributed by atoms with Gasteiger partial charge in [-0.2, -0.15) is 5.26 Å². The lowest BCUT2D eigenvalue weighted by atomic mass is 10.00. The predicted octanol–water partition coefficient (Wildman–Crippen LogP) is 1.41. The standard InChI is InChI=1S/C15H15N3O/c1-10-14-12(8-16)7-13(15(19)17-10)18(14)9-11-5-3-2-4-6-11/h2-6,12-14H,1,7,9H2,(H,17,19)/t12-,13+,14+/m0/s1. The number of carbonyl (C=O) groups excluding carboxylic acids is 1. The van der Waals surface area contributed by atoms with Gasteiger partial charge in [-0.1, -0.05) is 36.9 Å². The minimum absolute atomic E-state index is 0.0325. The molecular weight excluding hydrogens is 238 g/mol. The molecule has 3 rings (SSSR count). The summed E-state index contributed by atoms with van der Waals surface area (Å²) in [7, 11) is 0. The minimum Gasteiger partial charge on any atom is -0.327 e. The molecule has 96 valence electrons. The zero-order valence-corrected chi connectivity index (χ0v) is 10.5. The molecule has 0 radical (unpaired) electrons. The van der Waals surface area contributed by atoms with Crippen molar-refractivity contribution in [3.63, 3.8) is 0 Å². The molecule has 2 aliphatic heterocycles. The maximum atomic E-state index is 12.0. The smallest absolute Gasteiger partial charge is 0.241 e. The number of nitriles is 1. The van der Waals surface area contributed by atoms with Gasteiger partial charge in [0.1, 0.15) is 0 Å². The first-order valence-electron chi connectivity index (χ1n) is 6.39. The fourth-order valence-corrected chi connectivity index (χ4v) is 3.07. The van der Waals surface area contributed by atoms with Crippen LogP contribution in [-0.4, -0.2) is 22.9 Å². The monoisotopic (exact) mass is 253 g/mol. The van der Waals surface area contributed by atoms with Crippen LogP contribution in [-0.2, 0) is 11.3 Å². The van der Waals surface area contributed by atoms with Crippen molar-refractivity contribution in [2.45, 2.75) is 25.0 Å². The Morgan fingerprint density at radius 3 is 2.84 bits per heavy atom. The maximum absolute atomic E-state index is 12.0. The van der Waals surface area contributed by atoms with Gasteiger partial charge in [0.2, 0.25) is 5.91 Å². The SMILES string of the molecule is C=C1NC(=O)[C@H]2C[C@@H](C#N)[C@@H]1N2Cc1ccccc1. The average molecular weight is 253 g/mol. The number of hydrogen-bond acceptors (Lipinski definition) is 3. The summed E-state index contributed by atoms with van der Waals surface area (Å²) >= 11 is 0. The van der Waals surface area contributed by atoms with E-state index in [0.29, 0.717) is 18.7 Å². The van der Waals surface area contributed by atoms with E-state index in [2.05, 4.69) is 22.9 Å². The Labute approximate surface area is 112 Å². The number of fused-ring (bicyclic) bond motifs is 2. The van der Waals surface area contributed by atoms with Crippen molar-refractivity contribution >= 4 is 5.91 Å². The van der Waals surface area contributed by atoms with E-state index in [1.807, 2.05) is 30.3 Å². The Balaban J connectivity index is 1.90. The normalized spacial score (nSPS) is 29.9. The molecule has 19 heavy (non-hydrogen) atoms. The molecule has 4 nitrogen and oxygen atoms in total. The molecule has 2 bridgehead atoms. The molecule has 0 aromatic heterocycles. The number of amides is 1. The quantitative estimate of drug-likeness (QED) is 0.867. The highest BCUT2D eigenvalue weighted by Gasteiger charge is 2.49. The van der Waals surface area contributed by atoms with Crippen LogP contribution in [0.15, 0.2) is 42.6 Å². The van der Waals surface area contributed by atoms with Gasteiger partial charge < -0.3 is 5.32 Å². The highest BCUT2D eigenvalue weighted by molar-refractivity contribution is 5.85. The van der Waals surface area contributed by atoms with Crippen LogP contribution in [0.1, 0.15) is 12.0 Å². The molecule has 0 unspecified atom stereocenters. The lowest BCUT2D eigenvalue weighted by molar-refractivity contribution is -0.127. The minimum atomic E-state index is -0.208. The van der Waals surface area contributed by atoms with E-state index in [-0.39, 0.29) is 23.9 Å². The zero-order valence-electron chi connectivity index (χ0n) is 10.5. The Hall–Kier alpha value is -2.12. The van der Waals surface area contributed by atoms with Gasteiger partial charge in [0, 0.05) is 12.2 Å². The number of benzene rings is 1. The first-order valence-corrected chi connectivity index (χ1v) is 6.39. The molecule has 0 aliphatic carbocycles. The molecule has 2 aliphatic rings. The topological polar surface area (TPSA) is 56.1 Å². The highest BCUT2D eigenvalue weighted by atomic mass is 16.2. The van der Waals surface area contributed by atoms with E-state index < -0.39 is 0 Å². The molecule has 0 saturated carbocycles. The second-order valence-electron chi connectivity index (χ2n) is 5.10. The van der Waals surface area contributed by atoms with E-state index in [0.717, 1.165) is 5.56 Å². The second kappa shape index (κ2) is 4.52. The number of nitrogens with zero attached hydrogens (tertiary/aromatic N) is 2. The summed E-state index contributed by atoms with van der Waals surface area (Å²) in [6, 6.07) is 12.1. The lowest BCUT2D eigenvalue weighted by Gasteiger charge is -2.36. The van der Waals surface area contributed by atoms with Gasteiger partial charge in [-0.05, 0) is 12.0 Å². The summed E-state index contributed by atoms with van der Waals surface area (Å²) in [6.07, 6.45) is 0.596. The predicted molar refractivity (Wildman–Crippen MR) is 70.6 cm³/mol. The van der Waals surface area contributed by atoms with E-state index >= 15 is 0 Å². The number of nitrogens with one attached hydrogen (secondary N) is 1. The number of piperazine rings is 1. The largest absolute Gasteiger partial charge is 0.327 e. The first-order chi connectivity index (χ1) is 9.20. The maximum Gasteiger partial charge on any atom is 0.241 e. The van der Waals surface area contributed by atoms with Crippen LogP contribution in [0.25, 0.3) is 0 Å². The van der Waals surface area contributed by atoms with Crippen LogP contribution >= 0.6 is 0 Å². The van der Waals surface area contributed by atoms with Gasteiger partial charge >= 0.3 is 0 Å². The second-order valence-corrected chi connectivity index (χ2v) is 5.10. The molecule has 1 amide bonds. The van der Waals surface area contributed by atoms with E-state index in [9.17, 15) is 10.1 Å². The van der Waals surface area contributed by atoms with Gasteiger partial charge in [-0.15, -0.1) is 0 Å². The molecule has 2 saturated heterocycles. The summed E-state index contributed by atoms with van der Waals surface area (Å²) in [5.41, 5.74) is 1.81. The third-order valence-electron chi connectivity index (χ3n) is 3.93. The van der Waals surface area contributed by atoms with Crippen LogP contribution < -0.4 is 5.32 Å². The van der Waals surface area contributed by atoms with E-state index in [1.165, 1.54) is 0 Å². The van der Waals surface area contributed by atoms with Crippen molar-refractivity contribution in [3.8, 4) is 6.07 Å². The summed E-state index contributed by atoms with van der Waals surface area (Å²) in [4.78, 5) is 14.1. The summed E-state index contributed by atoms with van der Waals surface area (Å²) in [5.74, 6) is -0.185. The molecular formula is C15H15N3O. The number of hydrogen-bond donors (Lipinski definition) is 1. The number of carbonyl (C=O) groups is 1. The summed E-state index contributed by atoms with van der Waals surface area (Å²) in [6.45, 7) is 4.59. The zero-order chi connectivity index (χ0) is 13.4. The molecule has 2 fully saturated rings. The van der Waals surface area contributed by atoms with Crippen LogP contribution in [0.3, 0.4) is 0 Å². The molecule has 2 heterocycles. The van der Waals surface area contributed by atoms with Crippen molar-refractivity contribution in [3.05, 3.63) is 48.2 Å². The average Bonchev–Trinajstić information content (AvgIpc) is 2.71. The summed E-state index contributed by atoms with van der Waals surface area (Å²) in [5, 5.41) is 12.0. The van der Waals surface area contributed by atoms with Crippen LogP contribution in [0.5, 0.6) is 0 Å². The third kappa shape index (κ3) is 1.92. The Kier molecular flexibility index (Phi) is 2.84. The van der Waals surface area contributed by atoms with Gasteiger partial charge in [-0.3, -0.25) is 9.69 Å². The molecule has 3 atom stereocenters. The molecule has 1 aromatic carbocycles. The highest BCUT2D eigenvalue weighted by Crippen LogP contribution is 2.37. The Bertz CT molecular complexity index is 561.